The van der Waals surface area contributed by atoms with E-state index in [1.54, 1.807) is 12.1 Å². The van der Waals surface area contributed by atoms with E-state index in [9.17, 15) is 9.90 Å². The number of aliphatic hydroxyl groups excluding tert-OH is 1. The molecule has 1 atom stereocenters. The van der Waals surface area contributed by atoms with Gasteiger partial charge in [-0.2, -0.15) is 0 Å². The van der Waals surface area contributed by atoms with Gasteiger partial charge in [-0.1, -0.05) is 12.1 Å². The second-order valence-electron chi connectivity index (χ2n) is 4.93. The van der Waals surface area contributed by atoms with Crippen LogP contribution >= 0.6 is 0 Å². The molecule has 1 aliphatic rings. The lowest BCUT2D eigenvalue weighted by atomic mass is 9.98. The molecule has 4 heteroatoms. The lowest BCUT2D eigenvalue weighted by Gasteiger charge is -2.31. The van der Waals surface area contributed by atoms with Crippen molar-refractivity contribution in [2.75, 3.05) is 19.7 Å². The Morgan fingerprint density at radius 2 is 2.06 bits per heavy atom. The molecule has 0 aromatic heterocycles. The van der Waals surface area contributed by atoms with Crippen LogP contribution in [0.1, 0.15) is 28.8 Å². The minimum atomic E-state index is -0.889. The first-order chi connectivity index (χ1) is 8.69. The maximum absolute atomic E-state index is 10.7. The molecular formula is C14H19NO3. The highest BCUT2D eigenvalue weighted by molar-refractivity contribution is 5.87. The second kappa shape index (κ2) is 5.98. The van der Waals surface area contributed by atoms with Gasteiger partial charge in [0.25, 0.3) is 0 Å². The Kier molecular flexibility index (Phi) is 4.33. The van der Waals surface area contributed by atoms with E-state index in [1.807, 2.05) is 12.1 Å². The molecule has 18 heavy (non-hydrogen) atoms. The van der Waals surface area contributed by atoms with Crippen molar-refractivity contribution in [3.05, 3.63) is 35.4 Å². The van der Waals surface area contributed by atoms with Crippen LogP contribution in [-0.2, 0) is 6.54 Å². The largest absolute Gasteiger partial charge is 0.478 e. The summed E-state index contributed by atoms with van der Waals surface area (Å²) in [5.74, 6) is -0.503. The predicted octanol–water partition coefficient (Wildman–Crippen LogP) is 1.59. The molecule has 1 heterocycles. The molecule has 0 unspecified atom stereocenters. The fourth-order valence-corrected chi connectivity index (χ4v) is 2.45. The zero-order chi connectivity index (χ0) is 13.0. The summed E-state index contributed by atoms with van der Waals surface area (Å²) >= 11 is 0. The molecule has 1 fully saturated rings. The van der Waals surface area contributed by atoms with Crippen molar-refractivity contribution in [3.63, 3.8) is 0 Å². The Morgan fingerprint density at radius 1 is 1.33 bits per heavy atom. The summed E-state index contributed by atoms with van der Waals surface area (Å²) in [6, 6.07) is 7.02. The number of rotatable bonds is 4. The number of aromatic carboxylic acids is 1. The van der Waals surface area contributed by atoms with E-state index in [0.717, 1.165) is 38.0 Å². The summed E-state index contributed by atoms with van der Waals surface area (Å²) in [6.45, 7) is 3.07. The first kappa shape index (κ1) is 13.1. The molecular weight excluding hydrogens is 230 g/mol. The number of benzene rings is 1. The lowest BCUT2D eigenvalue weighted by molar-refractivity contribution is 0.0697. The molecule has 0 saturated carbocycles. The minimum Gasteiger partial charge on any atom is -0.478 e. The molecule has 2 rings (SSSR count). The lowest BCUT2D eigenvalue weighted by Crippen LogP contribution is -2.36. The van der Waals surface area contributed by atoms with Gasteiger partial charge in [0.1, 0.15) is 0 Å². The zero-order valence-corrected chi connectivity index (χ0v) is 10.4. The molecule has 0 amide bonds. The molecule has 1 saturated heterocycles. The van der Waals surface area contributed by atoms with Crippen LogP contribution in [0.4, 0.5) is 0 Å². The Hall–Kier alpha value is -1.39. The average molecular weight is 249 g/mol. The first-order valence-corrected chi connectivity index (χ1v) is 6.34. The number of piperidine rings is 1. The van der Waals surface area contributed by atoms with Crippen LogP contribution in [0.2, 0.25) is 0 Å². The summed E-state index contributed by atoms with van der Waals surface area (Å²) in [4.78, 5) is 13.1. The zero-order valence-electron chi connectivity index (χ0n) is 10.4. The summed E-state index contributed by atoms with van der Waals surface area (Å²) in [6.07, 6.45) is 2.23. The third-order valence-electron chi connectivity index (χ3n) is 3.47. The monoisotopic (exact) mass is 249 g/mol. The molecule has 0 bridgehead atoms. The molecule has 1 aromatic rings. The van der Waals surface area contributed by atoms with Gasteiger partial charge in [-0.3, -0.25) is 4.90 Å². The van der Waals surface area contributed by atoms with E-state index < -0.39 is 5.97 Å². The highest BCUT2D eigenvalue weighted by Gasteiger charge is 2.19. The van der Waals surface area contributed by atoms with Crippen LogP contribution in [-0.4, -0.2) is 40.8 Å². The van der Waals surface area contributed by atoms with Gasteiger partial charge < -0.3 is 10.2 Å². The van der Waals surface area contributed by atoms with E-state index in [4.69, 9.17) is 5.11 Å². The van der Waals surface area contributed by atoms with Crippen molar-refractivity contribution < 1.29 is 15.0 Å². The number of hydrogen-bond donors (Lipinski definition) is 2. The van der Waals surface area contributed by atoms with Gasteiger partial charge in [0, 0.05) is 19.7 Å². The van der Waals surface area contributed by atoms with E-state index in [0.29, 0.717) is 11.5 Å². The fourth-order valence-electron chi connectivity index (χ4n) is 2.45. The van der Waals surface area contributed by atoms with Gasteiger partial charge >= 0.3 is 5.97 Å². The molecule has 0 radical (unpaired) electrons. The van der Waals surface area contributed by atoms with Crippen molar-refractivity contribution in [3.8, 4) is 0 Å². The normalized spacial score (nSPS) is 20.8. The highest BCUT2D eigenvalue weighted by Crippen LogP contribution is 2.18. The third-order valence-corrected chi connectivity index (χ3v) is 3.47. The first-order valence-electron chi connectivity index (χ1n) is 6.34. The summed E-state index contributed by atoms with van der Waals surface area (Å²) in [5.41, 5.74) is 1.45. The van der Waals surface area contributed by atoms with Crippen molar-refractivity contribution in [1.82, 2.24) is 4.90 Å². The minimum absolute atomic E-state index is 0.258. The van der Waals surface area contributed by atoms with Crippen molar-refractivity contribution in [2.45, 2.75) is 19.4 Å². The number of carboxylic acids is 1. The molecule has 0 aliphatic carbocycles. The van der Waals surface area contributed by atoms with E-state index >= 15 is 0 Å². The van der Waals surface area contributed by atoms with E-state index in [2.05, 4.69) is 4.90 Å². The van der Waals surface area contributed by atoms with Crippen molar-refractivity contribution in [1.29, 1.82) is 0 Å². The fraction of sp³-hybridized carbons (Fsp3) is 0.500. The van der Waals surface area contributed by atoms with E-state index in [-0.39, 0.29) is 6.61 Å². The smallest absolute Gasteiger partial charge is 0.335 e. The van der Waals surface area contributed by atoms with Crippen LogP contribution in [0.5, 0.6) is 0 Å². The molecule has 1 aliphatic heterocycles. The molecule has 4 nitrogen and oxygen atoms in total. The molecule has 2 N–H and O–H groups in total. The molecule has 98 valence electrons. The van der Waals surface area contributed by atoms with Crippen LogP contribution in [0.15, 0.2) is 24.3 Å². The Balaban J connectivity index is 1.94. The summed E-state index contributed by atoms with van der Waals surface area (Å²) in [5, 5.41) is 18.0. The summed E-state index contributed by atoms with van der Waals surface area (Å²) in [7, 11) is 0. The SMILES string of the molecule is O=C(O)c1ccc(CN2CCC[C@H](CO)C2)cc1. The summed E-state index contributed by atoms with van der Waals surface area (Å²) < 4.78 is 0. The predicted molar refractivity (Wildman–Crippen MR) is 68.5 cm³/mol. The molecule has 1 aromatic carbocycles. The van der Waals surface area contributed by atoms with E-state index in [1.165, 1.54) is 0 Å². The number of aliphatic hydroxyl groups is 1. The molecule has 0 spiro atoms. The topological polar surface area (TPSA) is 60.8 Å². The van der Waals surface area contributed by atoms with Crippen LogP contribution in [0, 0.1) is 5.92 Å². The Labute approximate surface area is 107 Å². The number of hydrogen-bond acceptors (Lipinski definition) is 3. The number of carboxylic acid groups (broad SMARTS) is 1. The number of carbonyl (C=O) groups is 1. The van der Waals surface area contributed by atoms with Gasteiger partial charge in [0.05, 0.1) is 5.56 Å². The Morgan fingerprint density at radius 3 is 2.67 bits per heavy atom. The van der Waals surface area contributed by atoms with Crippen molar-refractivity contribution in [2.24, 2.45) is 5.92 Å². The van der Waals surface area contributed by atoms with Crippen LogP contribution in [0.25, 0.3) is 0 Å². The maximum Gasteiger partial charge on any atom is 0.335 e. The van der Waals surface area contributed by atoms with Gasteiger partial charge in [-0.15, -0.1) is 0 Å². The number of likely N-dealkylation sites (tertiary alicyclic amines) is 1. The standard InChI is InChI=1S/C14H19NO3/c16-10-12-2-1-7-15(9-12)8-11-3-5-13(6-4-11)14(17)18/h3-6,12,16H,1-2,7-10H2,(H,17,18)/t12-/m0/s1. The van der Waals surface area contributed by atoms with Gasteiger partial charge in [-0.25, -0.2) is 4.79 Å². The average Bonchev–Trinajstić information content (AvgIpc) is 2.39. The maximum atomic E-state index is 10.7. The highest BCUT2D eigenvalue weighted by atomic mass is 16.4. The Bertz CT molecular complexity index is 402. The van der Waals surface area contributed by atoms with Crippen molar-refractivity contribution >= 4 is 5.97 Å². The van der Waals surface area contributed by atoms with Gasteiger partial charge in [0.15, 0.2) is 0 Å². The van der Waals surface area contributed by atoms with Gasteiger partial charge in [-0.05, 0) is 43.0 Å². The second-order valence-corrected chi connectivity index (χ2v) is 4.93. The van der Waals surface area contributed by atoms with Crippen LogP contribution in [0.3, 0.4) is 0 Å². The number of nitrogens with zero attached hydrogens (tertiary/aromatic N) is 1. The van der Waals surface area contributed by atoms with Gasteiger partial charge in [0.2, 0.25) is 0 Å². The third kappa shape index (κ3) is 3.31. The quantitative estimate of drug-likeness (QED) is 0.850. The van der Waals surface area contributed by atoms with Crippen LogP contribution < -0.4 is 0 Å².